The van der Waals surface area contributed by atoms with Crippen molar-refractivity contribution in [2.24, 2.45) is 0 Å². The molecule has 108 valence electrons. The number of aromatic carboxylic acids is 1. The summed E-state index contributed by atoms with van der Waals surface area (Å²) in [6, 6.07) is 8.82. The van der Waals surface area contributed by atoms with Crippen molar-refractivity contribution in [1.29, 1.82) is 0 Å². The lowest BCUT2D eigenvalue weighted by Crippen LogP contribution is -2.14. The summed E-state index contributed by atoms with van der Waals surface area (Å²) in [5, 5.41) is 11.3. The van der Waals surface area contributed by atoms with Gasteiger partial charge >= 0.3 is 5.97 Å². The minimum Gasteiger partial charge on any atom is -0.478 e. The molecule has 0 heterocycles. The summed E-state index contributed by atoms with van der Waals surface area (Å²) in [6.07, 6.45) is 0. The fourth-order valence-electron chi connectivity index (χ4n) is 1.96. The van der Waals surface area contributed by atoms with Crippen LogP contribution in [0.1, 0.15) is 31.8 Å². The summed E-state index contributed by atoms with van der Waals surface area (Å²) in [7, 11) is 0. The standard InChI is InChI=1S/C16H14FNO3/c1-9-4-3-5-12(10(9)2)15(19)18-11-6-7-13(16(20)21)14(17)8-11/h3-8H,1-2H3,(H,18,19)(H,20,21). The Balaban J connectivity index is 2.26. The number of benzene rings is 2. The molecule has 1 amide bonds. The molecule has 0 fully saturated rings. The molecule has 21 heavy (non-hydrogen) atoms. The molecule has 4 nitrogen and oxygen atoms in total. The summed E-state index contributed by atoms with van der Waals surface area (Å²) < 4.78 is 13.6. The molecule has 0 saturated heterocycles. The van der Waals surface area contributed by atoms with Crippen molar-refractivity contribution in [2.75, 3.05) is 5.32 Å². The first-order valence-corrected chi connectivity index (χ1v) is 6.30. The van der Waals surface area contributed by atoms with Crippen LogP contribution in [-0.2, 0) is 0 Å². The van der Waals surface area contributed by atoms with Gasteiger partial charge in [0.05, 0.1) is 5.56 Å². The topological polar surface area (TPSA) is 66.4 Å². The summed E-state index contributed by atoms with van der Waals surface area (Å²) in [5.41, 5.74) is 2.11. The molecule has 0 aliphatic rings. The van der Waals surface area contributed by atoms with Crippen LogP contribution in [0, 0.1) is 19.7 Å². The van der Waals surface area contributed by atoms with E-state index in [1.54, 1.807) is 12.1 Å². The number of amides is 1. The van der Waals surface area contributed by atoms with E-state index < -0.39 is 17.3 Å². The van der Waals surface area contributed by atoms with Crippen LogP contribution in [0.4, 0.5) is 10.1 Å². The molecule has 0 aromatic heterocycles. The van der Waals surface area contributed by atoms with Gasteiger partial charge in [-0.05, 0) is 49.2 Å². The van der Waals surface area contributed by atoms with Gasteiger partial charge in [0.25, 0.3) is 5.91 Å². The van der Waals surface area contributed by atoms with Gasteiger partial charge in [-0.15, -0.1) is 0 Å². The average Bonchev–Trinajstić information content (AvgIpc) is 2.41. The first-order valence-electron chi connectivity index (χ1n) is 6.30. The number of halogens is 1. The second-order valence-corrected chi connectivity index (χ2v) is 4.70. The maximum Gasteiger partial charge on any atom is 0.338 e. The molecule has 0 unspecified atom stereocenters. The van der Waals surface area contributed by atoms with Crippen LogP contribution in [0.2, 0.25) is 0 Å². The van der Waals surface area contributed by atoms with E-state index in [1.807, 2.05) is 19.9 Å². The Morgan fingerprint density at radius 3 is 2.43 bits per heavy atom. The zero-order chi connectivity index (χ0) is 15.6. The average molecular weight is 287 g/mol. The molecule has 0 spiro atoms. The molecule has 0 aliphatic heterocycles. The highest BCUT2D eigenvalue weighted by Crippen LogP contribution is 2.18. The van der Waals surface area contributed by atoms with Gasteiger partial charge in [-0.1, -0.05) is 12.1 Å². The zero-order valence-corrected chi connectivity index (χ0v) is 11.6. The highest BCUT2D eigenvalue weighted by molar-refractivity contribution is 6.05. The van der Waals surface area contributed by atoms with E-state index in [0.29, 0.717) is 5.56 Å². The minimum atomic E-state index is -1.35. The summed E-state index contributed by atoms with van der Waals surface area (Å²) in [4.78, 5) is 22.9. The van der Waals surface area contributed by atoms with Gasteiger partial charge in [-0.3, -0.25) is 4.79 Å². The maximum absolute atomic E-state index is 13.6. The van der Waals surface area contributed by atoms with Crippen LogP contribution in [0.3, 0.4) is 0 Å². The van der Waals surface area contributed by atoms with Gasteiger partial charge in [-0.2, -0.15) is 0 Å². The van der Waals surface area contributed by atoms with Crippen LogP contribution < -0.4 is 5.32 Å². The number of anilines is 1. The lowest BCUT2D eigenvalue weighted by atomic mass is 10.0. The third kappa shape index (κ3) is 3.08. The van der Waals surface area contributed by atoms with Gasteiger partial charge in [0, 0.05) is 11.3 Å². The van der Waals surface area contributed by atoms with E-state index in [2.05, 4.69) is 5.32 Å². The van der Waals surface area contributed by atoms with Crippen molar-refractivity contribution < 1.29 is 19.1 Å². The zero-order valence-electron chi connectivity index (χ0n) is 11.6. The molecule has 2 rings (SSSR count). The molecule has 2 aromatic rings. The van der Waals surface area contributed by atoms with Gasteiger partial charge in [0.1, 0.15) is 5.82 Å². The van der Waals surface area contributed by atoms with Gasteiger partial charge in [0.15, 0.2) is 0 Å². The van der Waals surface area contributed by atoms with Gasteiger partial charge < -0.3 is 10.4 Å². The van der Waals surface area contributed by atoms with E-state index in [-0.39, 0.29) is 11.6 Å². The molecule has 0 atom stereocenters. The number of nitrogens with one attached hydrogen (secondary N) is 1. The van der Waals surface area contributed by atoms with Crippen LogP contribution in [-0.4, -0.2) is 17.0 Å². The number of carbonyl (C=O) groups excluding carboxylic acids is 1. The largest absolute Gasteiger partial charge is 0.478 e. The van der Waals surface area contributed by atoms with Crippen molar-refractivity contribution in [1.82, 2.24) is 0 Å². The van der Waals surface area contributed by atoms with Gasteiger partial charge in [0.2, 0.25) is 0 Å². The Kier molecular flexibility index (Phi) is 4.03. The van der Waals surface area contributed by atoms with Crippen molar-refractivity contribution in [3.8, 4) is 0 Å². The number of hydrogen-bond acceptors (Lipinski definition) is 2. The monoisotopic (exact) mass is 287 g/mol. The van der Waals surface area contributed by atoms with Crippen LogP contribution in [0.25, 0.3) is 0 Å². The van der Waals surface area contributed by atoms with E-state index in [1.165, 1.54) is 6.07 Å². The second kappa shape index (κ2) is 5.75. The lowest BCUT2D eigenvalue weighted by Gasteiger charge is -2.10. The second-order valence-electron chi connectivity index (χ2n) is 4.70. The van der Waals surface area contributed by atoms with Crippen LogP contribution in [0.5, 0.6) is 0 Å². The molecular weight excluding hydrogens is 273 g/mol. The predicted octanol–water partition coefficient (Wildman–Crippen LogP) is 3.39. The highest BCUT2D eigenvalue weighted by Gasteiger charge is 2.13. The smallest absolute Gasteiger partial charge is 0.338 e. The van der Waals surface area contributed by atoms with E-state index in [0.717, 1.165) is 23.3 Å². The summed E-state index contributed by atoms with van der Waals surface area (Å²) in [6.45, 7) is 3.73. The van der Waals surface area contributed by atoms with Crippen molar-refractivity contribution in [2.45, 2.75) is 13.8 Å². The number of hydrogen-bond donors (Lipinski definition) is 2. The summed E-state index contributed by atoms with van der Waals surface area (Å²) in [5.74, 6) is -2.60. The molecule has 0 bridgehead atoms. The molecule has 0 saturated carbocycles. The fourth-order valence-corrected chi connectivity index (χ4v) is 1.96. The Hall–Kier alpha value is -2.69. The third-order valence-electron chi connectivity index (χ3n) is 3.31. The molecule has 0 radical (unpaired) electrons. The number of carbonyl (C=O) groups is 2. The van der Waals surface area contributed by atoms with Crippen LogP contribution >= 0.6 is 0 Å². The maximum atomic E-state index is 13.6. The van der Waals surface area contributed by atoms with Gasteiger partial charge in [-0.25, -0.2) is 9.18 Å². The first-order chi connectivity index (χ1) is 9.90. The number of aryl methyl sites for hydroxylation is 1. The molecule has 5 heteroatoms. The van der Waals surface area contributed by atoms with Crippen molar-refractivity contribution in [3.63, 3.8) is 0 Å². The lowest BCUT2D eigenvalue weighted by molar-refractivity contribution is 0.0692. The Morgan fingerprint density at radius 2 is 1.81 bits per heavy atom. The number of rotatable bonds is 3. The number of carboxylic acid groups (broad SMARTS) is 1. The Morgan fingerprint density at radius 1 is 1.10 bits per heavy atom. The van der Waals surface area contributed by atoms with E-state index in [9.17, 15) is 14.0 Å². The Bertz CT molecular complexity index is 725. The molecule has 0 aliphatic carbocycles. The SMILES string of the molecule is Cc1cccc(C(=O)Nc2ccc(C(=O)O)c(F)c2)c1C. The summed E-state index contributed by atoms with van der Waals surface area (Å²) >= 11 is 0. The molecule has 2 aromatic carbocycles. The predicted molar refractivity (Wildman–Crippen MR) is 77.2 cm³/mol. The Labute approximate surface area is 121 Å². The van der Waals surface area contributed by atoms with E-state index in [4.69, 9.17) is 5.11 Å². The quantitative estimate of drug-likeness (QED) is 0.909. The minimum absolute atomic E-state index is 0.211. The number of carboxylic acids is 1. The third-order valence-corrected chi connectivity index (χ3v) is 3.31. The normalized spacial score (nSPS) is 10.2. The fraction of sp³-hybridized carbons (Fsp3) is 0.125. The van der Waals surface area contributed by atoms with E-state index >= 15 is 0 Å². The highest BCUT2D eigenvalue weighted by atomic mass is 19.1. The molecule has 2 N–H and O–H groups in total. The van der Waals surface area contributed by atoms with Crippen LogP contribution in [0.15, 0.2) is 36.4 Å². The first kappa shape index (κ1) is 14.7. The van der Waals surface area contributed by atoms with Crippen molar-refractivity contribution in [3.05, 3.63) is 64.5 Å². The van der Waals surface area contributed by atoms with Crippen molar-refractivity contribution >= 4 is 17.6 Å². The molecular formula is C16H14FNO3.